The number of benzene rings is 2. The summed E-state index contributed by atoms with van der Waals surface area (Å²) in [6.45, 7) is 4.20. The van der Waals surface area contributed by atoms with E-state index in [4.69, 9.17) is 5.26 Å². The predicted molar refractivity (Wildman–Crippen MR) is 100 cm³/mol. The second kappa shape index (κ2) is 8.61. The Labute approximate surface area is 153 Å². The van der Waals surface area contributed by atoms with Gasteiger partial charge >= 0.3 is 0 Å². The molecule has 6 nitrogen and oxygen atoms in total. The molecule has 1 amide bonds. The largest absolute Gasteiger partial charge is 0.322 e. The molecule has 0 aliphatic heterocycles. The minimum Gasteiger partial charge on any atom is -0.322 e. The fourth-order valence-corrected chi connectivity index (χ4v) is 3.32. The molecule has 0 saturated carbocycles. The minimum absolute atomic E-state index is 0.0489. The van der Waals surface area contributed by atoms with E-state index < -0.39 is 10.0 Å². The van der Waals surface area contributed by atoms with E-state index in [0.717, 1.165) is 5.56 Å². The summed E-state index contributed by atoms with van der Waals surface area (Å²) in [6, 6.07) is 15.1. The molecule has 0 bridgehead atoms. The van der Waals surface area contributed by atoms with Crippen LogP contribution in [-0.4, -0.2) is 20.9 Å². The maximum atomic E-state index is 12.4. The minimum atomic E-state index is -3.68. The summed E-state index contributed by atoms with van der Waals surface area (Å²) in [5, 5.41) is 11.3. The molecular weight excluding hydrogens is 350 g/mol. The first-order valence-corrected chi connectivity index (χ1v) is 9.70. The average Bonchev–Trinajstić information content (AvgIpc) is 2.62. The third-order valence-electron chi connectivity index (χ3n) is 3.77. The zero-order valence-corrected chi connectivity index (χ0v) is 15.5. The van der Waals surface area contributed by atoms with Gasteiger partial charge in [-0.15, -0.1) is 0 Å². The molecule has 2 N–H and O–H groups in total. The Bertz CT molecular complexity index is 914. The number of amides is 1. The van der Waals surface area contributed by atoms with Crippen LogP contribution < -0.4 is 10.0 Å². The molecule has 0 aromatic heterocycles. The first-order valence-electron chi connectivity index (χ1n) is 8.21. The maximum Gasteiger partial charge on any atom is 0.255 e. The van der Waals surface area contributed by atoms with E-state index in [1.807, 2.05) is 30.3 Å². The molecule has 0 aliphatic rings. The molecule has 0 heterocycles. The van der Waals surface area contributed by atoms with Crippen LogP contribution in [0.15, 0.2) is 53.4 Å². The standard InChI is InChI=1S/C19H21N3O3S/c1-14(2)16-5-3-6-17(13-16)22-19(23)15-7-9-18(10-8-15)26(24,25)21-12-4-11-20/h3,5-10,13-14,21H,4,12H2,1-2H3,(H,22,23). The van der Waals surface area contributed by atoms with Crippen LogP contribution in [0.2, 0.25) is 0 Å². The van der Waals surface area contributed by atoms with E-state index in [0.29, 0.717) is 17.2 Å². The monoisotopic (exact) mass is 371 g/mol. The predicted octanol–water partition coefficient (Wildman–Crippen LogP) is 3.25. The Balaban J connectivity index is 2.09. The van der Waals surface area contributed by atoms with Crippen molar-refractivity contribution in [1.82, 2.24) is 4.72 Å². The number of sulfonamides is 1. The quantitative estimate of drug-likeness (QED) is 0.730. The van der Waals surface area contributed by atoms with Gasteiger partial charge in [0, 0.05) is 24.2 Å². The van der Waals surface area contributed by atoms with Crippen LogP contribution in [0.1, 0.15) is 42.1 Å². The molecule has 0 unspecified atom stereocenters. The van der Waals surface area contributed by atoms with Crippen molar-refractivity contribution in [3.63, 3.8) is 0 Å². The van der Waals surface area contributed by atoms with Gasteiger partial charge in [0.2, 0.25) is 10.0 Å². The summed E-state index contributed by atoms with van der Waals surface area (Å²) in [5.74, 6) is 0.0390. The molecule has 0 aliphatic carbocycles. The molecule has 0 spiro atoms. The van der Waals surface area contributed by atoms with Gasteiger partial charge in [0.15, 0.2) is 0 Å². The summed E-state index contributed by atoms with van der Waals surface area (Å²) >= 11 is 0. The molecule has 136 valence electrons. The Morgan fingerprint density at radius 1 is 1.15 bits per heavy atom. The van der Waals surface area contributed by atoms with Crippen LogP contribution in [0.5, 0.6) is 0 Å². The smallest absolute Gasteiger partial charge is 0.255 e. The number of rotatable bonds is 7. The number of nitrogens with one attached hydrogen (secondary N) is 2. The Kier molecular flexibility index (Phi) is 6.50. The van der Waals surface area contributed by atoms with E-state index in [9.17, 15) is 13.2 Å². The number of anilines is 1. The van der Waals surface area contributed by atoms with Gasteiger partial charge in [-0.25, -0.2) is 13.1 Å². The van der Waals surface area contributed by atoms with E-state index in [1.54, 1.807) is 0 Å². The number of hydrogen-bond acceptors (Lipinski definition) is 4. The van der Waals surface area contributed by atoms with Crippen molar-refractivity contribution in [3.05, 3.63) is 59.7 Å². The highest BCUT2D eigenvalue weighted by Gasteiger charge is 2.14. The highest BCUT2D eigenvalue weighted by molar-refractivity contribution is 7.89. The van der Waals surface area contributed by atoms with Crippen molar-refractivity contribution in [2.45, 2.75) is 31.1 Å². The molecular formula is C19H21N3O3S. The lowest BCUT2D eigenvalue weighted by Gasteiger charge is -2.10. The summed E-state index contributed by atoms with van der Waals surface area (Å²) in [7, 11) is -3.68. The first kappa shape index (κ1) is 19.6. The fourth-order valence-electron chi connectivity index (χ4n) is 2.29. The van der Waals surface area contributed by atoms with Crippen molar-refractivity contribution in [2.24, 2.45) is 0 Å². The van der Waals surface area contributed by atoms with Gasteiger partial charge in [0.25, 0.3) is 5.91 Å². The third-order valence-corrected chi connectivity index (χ3v) is 5.24. The van der Waals surface area contributed by atoms with Crippen molar-refractivity contribution in [2.75, 3.05) is 11.9 Å². The summed E-state index contributed by atoms with van der Waals surface area (Å²) in [5.41, 5.74) is 2.17. The van der Waals surface area contributed by atoms with Crippen LogP contribution in [0.3, 0.4) is 0 Å². The van der Waals surface area contributed by atoms with Crippen LogP contribution in [0.25, 0.3) is 0 Å². The van der Waals surface area contributed by atoms with E-state index in [1.165, 1.54) is 24.3 Å². The van der Waals surface area contributed by atoms with Gasteiger partial charge in [0.1, 0.15) is 0 Å². The summed E-state index contributed by atoms with van der Waals surface area (Å²) in [4.78, 5) is 12.4. The number of carbonyl (C=O) groups excluding carboxylic acids is 1. The fraction of sp³-hybridized carbons (Fsp3) is 0.263. The van der Waals surface area contributed by atoms with Gasteiger partial charge in [-0.05, 0) is 47.9 Å². The lowest BCUT2D eigenvalue weighted by Crippen LogP contribution is -2.24. The summed E-state index contributed by atoms with van der Waals surface area (Å²) < 4.78 is 26.4. The topological polar surface area (TPSA) is 99.1 Å². The third kappa shape index (κ3) is 5.15. The van der Waals surface area contributed by atoms with Crippen molar-refractivity contribution in [3.8, 4) is 6.07 Å². The molecule has 0 atom stereocenters. The van der Waals surface area contributed by atoms with E-state index in [-0.39, 0.29) is 23.8 Å². The molecule has 0 fully saturated rings. The van der Waals surface area contributed by atoms with E-state index in [2.05, 4.69) is 23.9 Å². The molecule has 7 heteroatoms. The van der Waals surface area contributed by atoms with E-state index >= 15 is 0 Å². The second-order valence-electron chi connectivity index (χ2n) is 6.06. The van der Waals surface area contributed by atoms with Crippen LogP contribution in [-0.2, 0) is 10.0 Å². The lowest BCUT2D eigenvalue weighted by molar-refractivity contribution is 0.102. The lowest BCUT2D eigenvalue weighted by atomic mass is 10.0. The molecule has 2 rings (SSSR count). The van der Waals surface area contributed by atoms with Gasteiger partial charge in [-0.2, -0.15) is 5.26 Å². The number of hydrogen-bond donors (Lipinski definition) is 2. The van der Waals surface area contributed by atoms with Gasteiger partial charge in [-0.1, -0.05) is 26.0 Å². The van der Waals surface area contributed by atoms with Crippen LogP contribution in [0, 0.1) is 11.3 Å². The van der Waals surface area contributed by atoms with Gasteiger partial charge in [-0.3, -0.25) is 4.79 Å². The Morgan fingerprint density at radius 3 is 2.46 bits per heavy atom. The molecule has 0 saturated heterocycles. The Hall–Kier alpha value is -2.69. The number of nitriles is 1. The van der Waals surface area contributed by atoms with Crippen molar-refractivity contribution < 1.29 is 13.2 Å². The SMILES string of the molecule is CC(C)c1cccc(NC(=O)c2ccc(S(=O)(=O)NCCC#N)cc2)c1. The number of carbonyl (C=O) groups is 1. The van der Waals surface area contributed by atoms with Crippen molar-refractivity contribution >= 4 is 21.6 Å². The van der Waals surface area contributed by atoms with Gasteiger partial charge in [0.05, 0.1) is 11.0 Å². The summed E-state index contributed by atoms with van der Waals surface area (Å²) in [6.07, 6.45) is 0.0924. The van der Waals surface area contributed by atoms with Gasteiger partial charge < -0.3 is 5.32 Å². The average molecular weight is 371 g/mol. The first-order chi connectivity index (χ1) is 12.3. The number of nitrogens with zero attached hydrogens (tertiary/aromatic N) is 1. The van der Waals surface area contributed by atoms with Crippen molar-refractivity contribution in [1.29, 1.82) is 5.26 Å². The highest BCUT2D eigenvalue weighted by atomic mass is 32.2. The normalized spacial score (nSPS) is 11.2. The molecule has 0 radical (unpaired) electrons. The zero-order valence-electron chi connectivity index (χ0n) is 14.7. The Morgan fingerprint density at radius 2 is 1.85 bits per heavy atom. The van der Waals surface area contributed by atoms with Crippen LogP contribution >= 0.6 is 0 Å². The maximum absolute atomic E-state index is 12.4. The zero-order chi connectivity index (χ0) is 19.2. The molecule has 26 heavy (non-hydrogen) atoms. The second-order valence-corrected chi connectivity index (χ2v) is 7.83. The molecule has 2 aromatic rings. The van der Waals surface area contributed by atoms with Crippen LogP contribution in [0.4, 0.5) is 5.69 Å². The highest BCUT2D eigenvalue weighted by Crippen LogP contribution is 2.19. The molecule has 2 aromatic carbocycles.